The number of imidazole rings is 1. The Labute approximate surface area is 161 Å². The zero-order valence-corrected chi connectivity index (χ0v) is 15.3. The maximum atomic E-state index is 7.51. The van der Waals surface area contributed by atoms with Gasteiger partial charge in [0, 0.05) is 50.0 Å². The van der Waals surface area contributed by atoms with Crippen LogP contribution in [0.1, 0.15) is 0 Å². The lowest BCUT2D eigenvalue weighted by atomic mass is 10.1. The zero-order chi connectivity index (χ0) is 18.8. The smallest absolute Gasteiger partial charge is 0.180 e. The fourth-order valence-corrected chi connectivity index (χ4v) is 3.38. The molecule has 4 heterocycles. The van der Waals surface area contributed by atoms with Crippen molar-refractivity contribution in [1.82, 2.24) is 24.7 Å². The normalized spacial score (nSPS) is 18.0. The summed E-state index contributed by atoms with van der Waals surface area (Å²) in [5, 5.41) is 11.5. The van der Waals surface area contributed by atoms with E-state index in [9.17, 15) is 0 Å². The van der Waals surface area contributed by atoms with Gasteiger partial charge in [-0.25, -0.2) is 15.0 Å². The number of aromatic nitrogens is 4. The van der Waals surface area contributed by atoms with Crippen molar-refractivity contribution < 1.29 is 0 Å². The van der Waals surface area contributed by atoms with Crippen LogP contribution >= 0.6 is 11.6 Å². The Kier molecular flexibility index (Phi) is 4.74. The second kappa shape index (κ2) is 7.34. The largest absolute Gasteiger partial charge is 0.404 e. The van der Waals surface area contributed by atoms with Crippen LogP contribution < -0.4 is 16.0 Å². The monoisotopic (exact) mass is 382 g/mol. The predicted octanol–water partition coefficient (Wildman–Crippen LogP) is 1.72. The van der Waals surface area contributed by atoms with Crippen LogP contribution in [0, 0.1) is 5.41 Å². The van der Waals surface area contributed by atoms with E-state index in [1.165, 1.54) is 12.4 Å². The van der Waals surface area contributed by atoms with Gasteiger partial charge in [0.25, 0.3) is 0 Å². The molecule has 27 heavy (non-hydrogen) atoms. The van der Waals surface area contributed by atoms with E-state index in [0.29, 0.717) is 17.4 Å². The number of hydrogen-bond acceptors (Lipinski definition) is 7. The third-order valence-corrected chi connectivity index (χ3v) is 4.82. The molecule has 0 aliphatic carbocycles. The number of nitrogens with two attached hydrogens (primary N) is 1. The summed E-state index contributed by atoms with van der Waals surface area (Å²) >= 11 is 6.12. The Bertz CT molecular complexity index is 1010. The van der Waals surface area contributed by atoms with Gasteiger partial charge in [0.15, 0.2) is 5.82 Å². The van der Waals surface area contributed by atoms with Crippen LogP contribution in [0.15, 0.2) is 48.6 Å². The number of fused-ring (bicyclic) bond motifs is 1. The molecule has 0 amide bonds. The first-order valence-corrected chi connectivity index (χ1v) is 8.94. The van der Waals surface area contributed by atoms with Gasteiger partial charge in [-0.2, -0.15) is 0 Å². The summed E-state index contributed by atoms with van der Waals surface area (Å²) in [6.45, 7) is 2.26. The molecule has 9 heteroatoms. The summed E-state index contributed by atoms with van der Waals surface area (Å²) in [4.78, 5) is 15.7. The van der Waals surface area contributed by atoms with Gasteiger partial charge in [0.2, 0.25) is 0 Å². The highest BCUT2D eigenvalue weighted by Crippen LogP contribution is 2.22. The molecule has 138 valence electrons. The first-order chi connectivity index (χ1) is 13.2. The van der Waals surface area contributed by atoms with Crippen LogP contribution in [-0.4, -0.2) is 51.2 Å². The molecule has 1 aliphatic heterocycles. The Morgan fingerprint density at radius 1 is 1.33 bits per heavy atom. The van der Waals surface area contributed by atoms with E-state index in [0.717, 1.165) is 35.8 Å². The van der Waals surface area contributed by atoms with Gasteiger partial charge in [-0.05, 0) is 18.2 Å². The molecule has 3 aromatic rings. The summed E-state index contributed by atoms with van der Waals surface area (Å²) in [6.07, 6.45) is 8.06. The number of rotatable bonds is 4. The van der Waals surface area contributed by atoms with E-state index in [2.05, 4.69) is 20.2 Å². The number of nitrogens with one attached hydrogen (secondary N) is 2. The van der Waals surface area contributed by atoms with E-state index in [-0.39, 0.29) is 6.04 Å². The minimum absolute atomic E-state index is 0.00531. The van der Waals surface area contributed by atoms with Crippen LogP contribution in [0.25, 0.3) is 17.2 Å². The third-order valence-electron chi connectivity index (χ3n) is 4.60. The standard InChI is InChI=1S/C18H19ClN8/c19-13-1-2-16-24-9-15(27(16)10-13)18-23-4-3-17(25-18)26-6-5-22-14(11-26)12(7-20)8-21/h1-4,7-10,14,20,22H,5-6,11,21H2/b12-8+,20-7?. The van der Waals surface area contributed by atoms with Crippen molar-refractivity contribution in [3.05, 3.63) is 53.6 Å². The topological polar surface area (TPSA) is 108 Å². The third kappa shape index (κ3) is 3.36. The van der Waals surface area contributed by atoms with E-state index in [4.69, 9.17) is 27.7 Å². The molecule has 1 fully saturated rings. The van der Waals surface area contributed by atoms with Gasteiger partial charge in [0.05, 0.1) is 17.3 Å². The first kappa shape index (κ1) is 17.4. The van der Waals surface area contributed by atoms with Crippen molar-refractivity contribution in [2.75, 3.05) is 24.5 Å². The van der Waals surface area contributed by atoms with Crippen LogP contribution in [-0.2, 0) is 0 Å². The number of halogens is 1. The molecule has 0 aromatic carbocycles. The Balaban J connectivity index is 1.66. The Hall–Kier alpha value is -2.97. The number of hydrogen-bond donors (Lipinski definition) is 3. The number of piperazine rings is 1. The lowest BCUT2D eigenvalue weighted by Crippen LogP contribution is -2.52. The fraction of sp³-hybridized carbons (Fsp3) is 0.222. The van der Waals surface area contributed by atoms with Crippen molar-refractivity contribution in [3.8, 4) is 11.5 Å². The summed E-state index contributed by atoms with van der Waals surface area (Å²) < 4.78 is 1.88. The Morgan fingerprint density at radius 3 is 3.04 bits per heavy atom. The fourth-order valence-electron chi connectivity index (χ4n) is 3.21. The first-order valence-electron chi connectivity index (χ1n) is 8.56. The molecule has 0 bridgehead atoms. The van der Waals surface area contributed by atoms with Crippen molar-refractivity contribution in [2.24, 2.45) is 5.73 Å². The molecule has 4 N–H and O–H groups in total. The van der Waals surface area contributed by atoms with Gasteiger partial charge in [-0.1, -0.05) is 11.6 Å². The molecular weight excluding hydrogens is 364 g/mol. The maximum absolute atomic E-state index is 7.51. The van der Waals surface area contributed by atoms with Crippen molar-refractivity contribution >= 4 is 29.3 Å². The second-order valence-corrected chi connectivity index (χ2v) is 6.66. The highest BCUT2D eigenvalue weighted by molar-refractivity contribution is 6.30. The predicted molar refractivity (Wildman–Crippen MR) is 106 cm³/mol. The summed E-state index contributed by atoms with van der Waals surface area (Å²) in [5.41, 5.74) is 7.96. The minimum Gasteiger partial charge on any atom is -0.404 e. The molecule has 3 aromatic heterocycles. The van der Waals surface area contributed by atoms with Crippen molar-refractivity contribution in [2.45, 2.75) is 6.04 Å². The molecule has 0 spiro atoms. The zero-order valence-electron chi connectivity index (χ0n) is 14.5. The second-order valence-electron chi connectivity index (χ2n) is 6.22. The van der Waals surface area contributed by atoms with E-state index < -0.39 is 0 Å². The van der Waals surface area contributed by atoms with Crippen molar-refractivity contribution in [3.63, 3.8) is 0 Å². The minimum atomic E-state index is -0.00531. The van der Waals surface area contributed by atoms with Gasteiger partial charge < -0.3 is 21.4 Å². The van der Waals surface area contributed by atoms with Gasteiger partial charge in [-0.15, -0.1) is 0 Å². The highest BCUT2D eigenvalue weighted by atomic mass is 35.5. The maximum Gasteiger partial charge on any atom is 0.180 e. The molecule has 1 aliphatic rings. The van der Waals surface area contributed by atoms with E-state index in [1.54, 1.807) is 24.7 Å². The quantitative estimate of drug-likeness (QED) is 0.593. The van der Waals surface area contributed by atoms with Crippen LogP contribution in [0.4, 0.5) is 5.82 Å². The molecule has 8 nitrogen and oxygen atoms in total. The summed E-state index contributed by atoms with van der Waals surface area (Å²) in [6, 6.07) is 5.54. The van der Waals surface area contributed by atoms with E-state index >= 15 is 0 Å². The number of nitrogens with zero attached hydrogens (tertiary/aromatic N) is 5. The molecule has 1 unspecified atom stereocenters. The molecular formula is C18H19ClN8. The molecule has 1 atom stereocenters. The van der Waals surface area contributed by atoms with E-state index in [1.807, 2.05) is 16.5 Å². The summed E-state index contributed by atoms with van der Waals surface area (Å²) in [5.74, 6) is 1.41. The van der Waals surface area contributed by atoms with Crippen LogP contribution in [0.5, 0.6) is 0 Å². The van der Waals surface area contributed by atoms with Crippen LogP contribution in [0.2, 0.25) is 5.02 Å². The molecule has 0 saturated carbocycles. The van der Waals surface area contributed by atoms with Gasteiger partial charge in [-0.3, -0.25) is 4.40 Å². The van der Waals surface area contributed by atoms with Crippen LogP contribution in [0.3, 0.4) is 0 Å². The number of anilines is 1. The van der Waals surface area contributed by atoms with Crippen molar-refractivity contribution in [1.29, 1.82) is 5.41 Å². The Morgan fingerprint density at radius 2 is 2.22 bits per heavy atom. The molecule has 1 saturated heterocycles. The molecule has 4 rings (SSSR count). The lowest BCUT2D eigenvalue weighted by Gasteiger charge is -2.34. The van der Waals surface area contributed by atoms with Gasteiger partial charge >= 0.3 is 0 Å². The summed E-state index contributed by atoms with van der Waals surface area (Å²) in [7, 11) is 0. The SMILES string of the molecule is N=C/C(=C\N)C1CN(c2ccnc(-c3cnc4ccc(Cl)cn34)n2)CCN1. The average Bonchev–Trinajstić information content (AvgIpc) is 3.12. The number of pyridine rings is 1. The lowest BCUT2D eigenvalue weighted by molar-refractivity contribution is 0.507. The average molecular weight is 383 g/mol. The van der Waals surface area contributed by atoms with Gasteiger partial charge in [0.1, 0.15) is 17.2 Å². The molecule has 0 radical (unpaired) electrons. The highest BCUT2D eigenvalue weighted by Gasteiger charge is 2.23.